The Kier molecular flexibility index (Phi) is 14.6. The topological polar surface area (TPSA) is 17.1 Å². The third-order valence-electron chi connectivity index (χ3n) is 9.60. The number of hydrogen-bond donors (Lipinski definition) is 0. The number of carbonyl (C=O) groups excluding carboxylic acids is 1. The van der Waals surface area contributed by atoms with Gasteiger partial charge in [-0.3, -0.25) is 0 Å². The second kappa shape index (κ2) is 15.5. The second-order valence-electron chi connectivity index (χ2n) is 11.5. The molecule has 0 aromatic heterocycles. The number of fused-ring (bicyclic) bond motifs is 5. The molecule has 0 amide bonds. The van der Waals surface area contributed by atoms with E-state index in [-0.39, 0.29) is 40.0 Å². The normalized spacial score (nSPS) is 36.4. The molecule has 0 heterocycles. The van der Waals surface area contributed by atoms with Gasteiger partial charge in [-0.25, -0.2) is 0 Å². The van der Waals surface area contributed by atoms with Crippen LogP contribution in [0.3, 0.4) is 0 Å². The average Bonchev–Trinajstić information content (AvgIpc) is 3.16. The third-order valence-corrected chi connectivity index (χ3v) is 9.60. The van der Waals surface area contributed by atoms with E-state index in [0.29, 0.717) is 60.2 Å². The number of hydrogen-bond acceptors (Lipinski definition) is 1. The van der Waals surface area contributed by atoms with Crippen LogP contribution in [0.1, 0.15) is 91.4 Å². The van der Waals surface area contributed by atoms with Gasteiger partial charge in [0, 0.05) is 6.42 Å². The number of alkyl halides is 3. The van der Waals surface area contributed by atoms with Crippen molar-refractivity contribution in [1.82, 2.24) is 0 Å². The van der Waals surface area contributed by atoms with Crippen LogP contribution in [0.4, 0.5) is 13.2 Å². The van der Waals surface area contributed by atoms with E-state index in [0.717, 1.165) is 25.5 Å². The molecule has 8 atom stereocenters. The molecule has 0 bridgehead atoms. The molecule has 0 aliphatic heterocycles. The van der Waals surface area contributed by atoms with Gasteiger partial charge in [-0.1, -0.05) is 27.2 Å². The van der Waals surface area contributed by atoms with Crippen molar-refractivity contribution < 1.29 is 34.9 Å². The Morgan fingerprint density at radius 3 is 2.08 bits per heavy atom. The fourth-order valence-electron chi connectivity index (χ4n) is 8.10. The molecule has 4 saturated carbocycles. The van der Waals surface area contributed by atoms with Crippen molar-refractivity contribution in [1.29, 1.82) is 0 Å². The maximum Gasteiger partial charge on any atom is 2.00 e. The SMILES string of the molecule is CCC.C[C@]12CCC3[C@@H](CC[C@@H]4C[C@@H](C(F)(F)F)CC[C@H]34)C1CCC2CC=O.[Br-].[Mg+2].[c-]1ccccc1. The third kappa shape index (κ3) is 7.97. The Bertz CT molecular complexity index is 719. The van der Waals surface area contributed by atoms with Crippen molar-refractivity contribution in [3.8, 4) is 0 Å². The summed E-state index contributed by atoms with van der Waals surface area (Å²) >= 11 is 0. The van der Waals surface area contributed by atoms with Gasteiger partial charge >= 0.3 is 29.2 Å². The van der Waals surface area contributed by atoms with Crippen molar-refractivity contribution in [2.45, 2.75) is 97.6 Å². The van der Waals surface area contributed by atoms with Gasteiger partial charge in [0.15, 0.2) is 0 Å². The van der Waals surface area contributed by atoms with Gasteiger partial charge in [-0.2, -0.15) is 49.6 Å². The van der Waals surface area contributed by atoms with E-state index in [1.54, 1.807) is 0 Å². The first-order chi connectivity index (χ1) is 16.3. The smallest absolute Gasteiger partial charge is 1.00 e. The molecule has 0 radical (unpaired) electrons. The Labute approximate surface area is 244 Å². The Morgan fingerprint density at radius 2 is 1.56 bits per heavy atom. The number of carbonyl (C=O) groups is 1. The number of rotatable bonds is 2. The van der Waals surface area contributed by atoms with Gasteiger partial charge < -0.3 is 21.8 Å². The molecule has 0 spiro atoms. The Morgan fingerprint density at radius 1 is 0.917 bits per heavy atom. The monoisotopic (exact) mass is 580 g/mol. The Balaban J connectivity index is 0.000000505. The largest absolute Gasteiger partial charge is 2.00 e. The maximum atomic E-state index is 13.1. The van der Waals surface area contributed by atoms with Gasteiger partial charge in [-0.05, 0) is 98.7 Å². The Hall–Kier alpha value is -0.0738. The molecule has 0 N–H and O–H groups in total. The molecule has 1 aromatic carbocycles. The summed E-state index contributed by atoms with van der Waals surface area (Å²) in [6.07, 6.45) is 7.48. The van der Waals surface area contributed by atoms with E-state index in [9.17, 15) is 18.0 Å². The number of aldehydes is 1. The molecule has 200 valence electrons. The first-order valence-electron chi connectivity index (χ1n) is 13.7. The first-order valence-corrected chi connectivity index (χ1v) is 13.7. The molecule has 6 heteroatoms. The average molecular weight is 582 g/mol. The van der Waals surface area contributed by atoms with E-state index >= 15 is 0 Å². The van der Waals surface area contributed by atoms with Crippen LogP contribution in [0.2, 0.25) is 0 Å². The molecule has 4 fully saturated rings. The van der Waals surface area contributed by atoms with Crippen LogP contribution in [0.25, 0.3) is 0 Å². The zero-order valence-corrected chi connectivity index (χ0v) is 25.4. The van der Waals surface area contributed by atoms with Gasteiger partial charge in [0.05, 0.1) is 5.92 Å². The quantitative estimate of drug-likeness (QED) is 0.254. The van der Waals surface area contributed by atoms with Crippen LogP contribution in [-0.2, 0) is 4.79 Å². The van der Waals surface area contributed by atoms with Crippen LogP contribution < -0.4 is 17.0 Å². The summed E-state index contributed by atoms with van der Waals surface area (Å²) in [4.78, 5) is 11.1. The van der Waals surface area contributed by atoms with Gasteiger partial charge in [0.25, 0.3) is 0 Å². The van der Waals surface area contributed by atoms with Crippen molar-refractivity contribution in [2.24, 2.45) is 46.8 Å². The van der Waals surface area contributed by atoms with Crippen LogP contribution in [0.15, 0.2) is 30.3 Å². The summed E-state index contributed by atoms with van der Waals surface area (Å²) in [5, 5.41) is 0. The summed E-state index contributed by atoms with van der Waals surface area (Å²) in [5.41, 5.74) is 0.304. The van der Waals surface area contributed by atoms with Crippen molar-refractivity contribution in [3.63, 3.8) is 0 Å². The number of halogens is 4. The molecule has 0 saturated heterocycles. The minimum absolute atomic E-state index is 0. The van der Waals surface area contributed by atoms with E-state index in [4.69, 9.17) is 0 Å². The molecular formula is C30H44BrF3MgO. The molecule has 4 aliphatic rings. The van der Waals surface area contributed by atoms with Crippen LogP contribution in [-0.4, -0.2) is 35.5 Å². The zero-order chi connectivity index (χ0) is 24.8. The second-order valence-corrected chi connectivity index (χ2v) is 11.5. The molecular weight excluding hydrogens is 538 g/mol. The van der Waals surface area contributed by atoms with Gasteiger partial charge in [0.2, 0.25) is 0 Å². The molecule has 36 heavy (non-hydrogen) atoms. The van der Waals surface area contributed by atoms with Crippen LogP contribution >= 0.6 is 0 Å². The van der Waals surface area contributed by atoms with Gasteiger partial charge in [-0.15, -0.1) is 0 Å². The molecule has 5 rings (SSSR count). The van der Waals surface area contributed by atoms with E-state index in [1.807, 2.05) is 30.3 Å². The van der Waals surface area contributed by atoms with Crippen molar-refractivity contribution >= 4 is 29.3 Å². The van der Waals surface area contributed by atoms with Crippen molar-refractivity contribution in [3.05, 3.63) is 36.4 Å². The summed E-state index contributed by atoms with van der Waals surface area (Å²) in [6, 6.07) is 12.5. The minimum Gasteiger partial charge on any atom is -1.00 e. The van der Waals surface area contributed by atoms with Crippen molar-refractivity contribution in [2.75, 3.05) is 0 Å². The van der Waals surface area contributed by atoms with Crippen LogP contribution in [0.5, 0.6) is 0 Å². The molecule has 4 aliphatic carbocycles. The van der Waals surface area contributed by atoms with E-state index in [2.05, 4.69) is 26.8 Å². The zero-order valence-electron chi connectivity index (χ0n) is 22.4. The predicted molar refractivity (Wildman–Crippen MR) is 138 cm³/mol. The van der Waals surface area contributed by atoms with E-state index < -0.39 is 12.1 Å². The molecule has 1 aromatic rings. The standard InChI is InChI=1S/C21H31F3O.C6H5.C3H8.BrH.Mg/c1-20-10-8-17-16-6-3-15(21(22,23)24)12-13(16)2-5-18(17)19(20)7-4-14(20)9-11-25;1-2-4-6-5-3-1;1-3-2;;/h11,13-19H,2-10,12H2,1H3;1-5H;3H2,1-2H3;1H;/q;-1;;;+2/p-1/t13-,14?,15+,16+,17?,18-,19?,20-;;;;/m1..../s1. The summed E-state index contributed by atoms with van der Waals surface area (Å²) in [7, 11) is 0. The van der Waals surface area contributed by atoms with E-state index in [1.165, 1.54) is 32.1 Å². The van der Waals surface area contributed by atoms with Gasteiger partial charge in [0.1, 0.15) is 6.29 Å². The molecule has 3 unspecified atom stereocenters. The summed E-state index contributed by atoms with van der Waals surface area (Å²) in [6.45, 7) is 6.65. The summed E-state index contributed by atoms with van der Waals surface area (Å²) in [5.74, 6) is 2.39. The number of benzene rings is 1. The first kappa shape index (κ1) is 34.0. The fraction of sp³-hybridized carbons (Fsp3) is 0.767. The summed E-state index contributed by atoms with van der Waals surface area (Å²) < 4.78 is 39.4. The molecule has 1 nitrogen and oxygen atoms in total. The minimum atomic E-state index is -4.00. The predicted octanol–water partition coefficient (Wildman–Crippen LogP) is 5.55. The van der Waals surface area contributed by atoms with Crippen LogP contribution in [0, 0.1) is 52.9 Å². The maximum absolute atomic E-state index is 13.1. The fourth-order valence-corrected chi connectivity index (χ4v) is 8.10.